The molecule has 0 saturated heterocycles. The number of anilines is 3. The minimum absolute atomic E-state index is 0.180. The summed E-state index contributed by atoms with van der Waals surface area (Å²) < 4.78 is 10.6. The molecule has 0 atom stereocenters. The standard InChI is InChI=1S/C20H18N4O3/c1-12-9-13(2)22-20(21-12)24-16-6-4-15(5-7-16)23-19(25)14-3-8-17-18(10-14)27-11-26-17/h3-10H,11H2,1-2H3,(H,23,25)(H,21,22,24). The second-order valence-electron chi connectivity index (χ2n) is 6.20. The normalized spacial score (nSPS) is 11.9. The van der Waals surface area contributed by atoms with E-state index in [9.17, 15) is 4.79 Å². The number of amides is 1. The van der Waals surface area contributed by atoms with E-state index in [0.29, 0.717) is 28.7 Å². The van der Waals surface area contributed by atoms with E-state index in [0.717, 1.165) is 17.1 Å². The summed E-state index contributed by atoms with van der Waals surface area (Å²) in [5.74, 6) is 1.56. The van der Waals surface area contributed by atoms with E-state index in [4.69, 9.17) is 9.47 Å². The molecule has 0 fully saturated rings. The summed E-state index contributed by atoms with van der Waals surface area (Å²) in [5.41, 5.74) is 3.82. The van der Waals surface area contributed by atoms with Gasteiger partial charge in [0.25, 0.3) is 5.91 Å². The molecule has 0 saturated carbocycles. The molecule has 2 heterocycles. The zero-order valence-corrected chi connectivity index (χ0v) is 14.9. The molecule has 0 spiro atoms. The smallest absolute Gasteiger partial charge is 0.255 e. The van der Waals surface area contributed by atoms with Crippen molar-refractivity contribution in [2.24, 2.45) is 0 Å². The summed E-state index contributed by atoms with van der Waals surface area (Å²) >= 11 is 0. The maximum atomic E-state index is 12.4. The summed E-state index contributed by atoms with van der Waals surface area (Å²) in [6.07, 6.45) is 0. The van der Waals surface area contributed by atoms with Gasteiger partial charge in [-0.05, 0) is 62.4 Å². The predicted octanol–water partition coefficient (Wildman–Crippen LogP) is 3.82. The number of nitrogens with zero attached hydrogens (tertiary/aromatic N) is 2. The van der Waals surface area contributed by atoms with Gasteiger partial charge in [0.1, 0.15) is 0 Å². The molecule has 2 N–H and O–H groups in total. The highest BCUT2D eigenvalue weighted by Gasteiger charge is 2.16. The third-order valence-corrected chi connectivity index (χ3v) is 4.02. The van der Waals surface area contributed by atoms with Gasteiger partial charge in [-0.15, -0.1) is 0 Å². The molecular formula is C20H18N4O3. The topological polar surface area (TPSA) is 85.4 Å². The zero-order chi connectivity index (χ0) is 18.8. The number of carbonyl (C=O) groups excluding carboxylic acids is 1. The average Bonchev–Trinajstić information content (AvgIpc) is 3.10. The Morgan fingerprint density at radius 2 is 1.56 bits per heavy atom. The van der Waals surface area contributed by atoms with Crippen LogP contribution in [0.1, 0.15) is 21.7 Å². The van der Waals surface area contributed by atoms with Crippen molar-refractivity contribution < 1.29 is 14.3 Å². The monoisotopic (exact) mass is 362 g/mol. The van der Waals surface area contributed by atoms with E-state index >= 15 is 0 Å². The largest absolute Gasteiger partial charge is 0.454 e. The van der Waals surface area contributed by atoms with Crippen molar-refractivity contribution in [3.63, 3.8) is 0 Å². The van der Waals surface area contributed by atoms with Crippen LogP contribution >= 0.6 is 0 Å². The highest BCUT2D eigenvalue weighted by molar-refractivity contribution is 6.04. The number of benzene rings is 2. The molecule has 7 heteroatoms. The van der Waals surface area contributed by atoms with E-state index < -0.39 is 0 Å². The van der Waals surface area contributed by atoms with Crippen molar-refractivity contribution in [1.82, 2.24) is 9.97 Å². The maximum Gasteiger partial charge on any atom is 0.255 e. The molecule has 27 heavy (non-hydrogen) atoms. The molecule has 1 aromatic heterocycles. The van der Waals surface area contributed by atoms with Gasteiger partial charge in [0.2, 0.25) is 12.7 Å². The molecule has 0 aliphatic carbocycles. The van der Waals surface area contributed by atoms with Crippen molar-refractivity contribution in [3.8, 4) is 11.5 Å². The van der Waals surface area contributed by atoms with Gasteiger partial charge in [0.15, 0.2) is 11.5 Å². The third kappa shape index (κ3) is 3.82. The second-order valence-corrected chi connectivity index (χ2v) is 6.20. The minimum Gasteiger partial charge on any atom is -0.454 e. The number of carbonyl (C=O) groups is 1. The van der Waals surface area contributed by atoms with Crippen LogP contribution in [0.5, 0.6) is 11.5 Å². The zero-order valence-electron chi connectivity index (χ0n) is 14.9. The number of fused-ring (bicyclic) bond motifs is 1. The maximum absolute atomic E-state index is 12.4. The van der Waals surface area contributed by atoms with Crippen LogP contribution in [0.2, 0.25) is 0 Å². The van der Waals surface area contributed by atoms with Crippen LogP contribution in [-0.2, 0) is 0 Å². The van der Waals surface area contributed by atoms with Crippen molar-refractivity contribution in [1.29, 1.82) is 0 Å². The van der Waals surface area contributed by atoms with E-state index in [1.54, 1.807) is 18.2 Å². The van der Waals surface area contributed by atoms with Gasteiger partial charge < -0.3 is 20.1 Å². The molecule has 7 nitrogen and oxygen atoms in total. The Bertz CT molecular complexity index is 982. The SMILES string of the molecule is Cc1cc(C)nc(Nc2ccc(NC(=O)c3ccc4c(c3)OCO4)cc2)n1. The average molecular weight is 362 g/mol. The summed E-state index contributed by atoms with van der Waals surface area (Å²) in [6.45, 7) is 4.03. The first-order valence-corrected chi connectivity index (χ1v) is 8.47. The number of rotatable bonds is 4. The van der Waals surface area contributed by atoms with Gasteiger partial charge in [-0.3, -0.25) is 4.79 Å². The van der Waals surface area contributed by atoms with Gasteiger partial charge in [0.05, 0.1) is 0 Å². The fraction of sp³-hybridized carbons (Fsp3) is 0.150. The Labute approximate surface area is 156 Å². The number of hydrogen-bond donors (Lipinski definition) is 2. The Hall–Kier alpha value is -3.61. The Morgan fingerprint density at radius 3 is 2.30 bits per heavy atom. The quantitative estimate of drug-likeness (QED) is 0.734. The summed E-state index contributed by atoms with van der Waals surface area (Å²) in [6, 6.07) is 14.4. The van der Waals surface area contributed by atoms with Crippen molar-refractivity contribution >= 4 is 23.2 Å². The minimum atomic E-state index is -0.216. The van der Waals surface area contributed by atoms with Crippen LogP contribution < -0.4 is 20.1 Å². The molecule has 2 aromatic carbocycles. The molecule has 0 radical (unpaired) electrons. The number of ether oxygens (including phenoxy) is 2. The first-order chi connectivity index (χ1) is 13.1. The second kappa shape index (κ2) is 6.95. The highest BCUT2D eigenvalue weighted by Crippen LogP contribution is 2.32. The number of aryl methyl sites for hydroxylation is 2. The third-order valence-electron chi connectivity index (χ3n) is 4.02. The fourth-order valence-corrected chi connectivity index (χ4v) is 2.79. The van der Waals surface area contributed by atoms with Crippen LogP contribution in [-0.4, -0.2) is 22.7 Å². The van der Waals surface area contributed by atoms with E-state index in [2.05, 4.69) is 20.6 Å². The lowest BCUT2D eigenvalue weighted by atomic mass is 10.2. The Kier molecular flexibility index (Phi) is 4.33. The molecule has 4 rings (SSSR count). The van der Waals surface area contributed by atoms with E-state index in [-0.39, 0.29) is 12.7 Å². The Balaban J connectivity index is 1.43. The van der Waals surface area contributed by atoms with Gasteiger partial charge >= 0.3 is 0 Å². The lowest BCUT2D eigenvalue weighted by molar-refractivity contribution is 0.102. The summed E-state index contributed by atoms with van der Waals surface area (Å²) in [7, 11) is 0. The van der Waals surface area contributed by atoms with Crippen molar-refractivity contribution in [3.05, 3.63) is 65.5 Å². The first kappa shape index (κ1) is 16.8. The van der Waals surface area contributed by atoms with Crippen molar-refractivity contribution in [2.75, 3.05) is 17.4 Å². The van der Waals surface area contributed by atoms with E-state index in [1.165, 1.54) is 0 Å². The van der Waals surface area contributed by atoms with Crippen LogP contribution in [0.25, 0.3) is 0 Å². The molecule has 0 unspecified atom stereocenters. The van der Waals surface area contributed by atoms with Gasteiger partial charge in [-0.1, -0.05) is 0 Å². The fourth-order valence-electron chi connectivity index (χ4n) is 2.79. The highest BCUT2D eigenvalue weighted by atomic mass is 16.7. The summed E-state index contributed by atoms with van der Waals surface area (Å²) in [5, 5.41) is 6.03. The first-order valence-electron chi connectivity index (χ1n) is 8.47. The molecule has 3 aromatic rings. The lowest BCUT2D eigenvalue weighted by Crippen LogP contribution is -2.11. The van der Waals surface area contributed by atoms with Gasteiger partial charge in [-0.25, -0.2) is 9.97 Å². The summed E-state index contributed by atoms with van der Waals surface area (Å²) in [4.78, 5) is 21.1. The van der Waals surface area contributed by atoms with Crippen LogP contribution in [0.4, 0.5) is 17.3 Å². The van der Waals surface area contributed by atoms with Crippen LogP contribution in [0, 0.1) is 13.8 Å². The molecule has 1 amide bonds. The Morgan fingerprint density at radius 1 is 0.889 bits per heavy atom. The lowest BCUT2D eigenvalue weighted by Gasteiger charge is -2.09. The van der Waals surface area contributed by atoms with Crippen LogP contribution in [0.15, 0.2) is 48.5 Å². The number of nitrogens with one attached hydrogen (secondary N) is 2. The molecule has 1 aliphatic rings. The molecule has 1 aliphatic heterocycles. The van der Waals surface area contributed by atoms with Crippen molar-refractivity contribution in [2.45, 2.75) is 13.8 Å². The molecule has 0 bridgehead atoms. The molecule has 136 valence electrons. The van der Waals surface area contributed by atoms with Crippen LogP contribution in [0.3, 0.4) is 0 Å². The molecular weight excluding hydrogens is 344 g/mol. The van der Waals surface area contributed by atoms with E-state index in [1.807, 2.05) is 44.2 Å². The van der Waals surface area contributed by atoms with Gasteiger partial charge in [-0.2, -0.15) is 0 Å². The number of aromatic nitrogens is 2. The predicted molar refractivity (Wildman–Crippen MR) is 102 cm³/mol. The van der Waals surface area contributed by atoms with Gasteiger partial charge in [0, 0.05) is 28.3 Å². The number of hydrogen-bond acceptors (Lipinski definition) is 6.